The summed E-state index contributed by atoms with van der Waals surface area (Å²) in [7, 11) is 0. The summed E-state index contributed by atoms with van der Waals surface area (Å²) in [5, 5.41) is 4.42. The van der Waals surface area contributed by atoms with Gasteiger partial charge in [-0.3, -0.25) is 4.79 Å². The highest BCUT2D eigenvalue weighted by atomic mass is 32.2. The van der Waals surface area contributed by atoms with E-state index in [1.54, 1.807) is 11.6 Å². The van der Waals surface area contributed by atoms with E-state index < -0.39 is 0 Å². The van der Waals surface area contributed by atoms with Gasteiger partial charge < -0.3 is 5.32 Å². The summed E-state index contributed by atoms with van der Waals surface area (Å²) in [5.41, 5.74) is 2.52. The molecule has 66 valence electrons. The number of hydrogen-bond donors (Lipinski definition) is 1. The monoisotopic (exact) mass is 228 g/mol. The molecule has 1 saturated heterocycles. The summed E-state index contributed by atoms with van der Waals surface area (Å²) < 4.78 is 0.506. The van der Waals surface area contributed by atoms with Gasteiger partial charge in [0.05, 0.1) is 16.1 Å². The van der Waals surface area contributed by atoms with Crippen molar-refractivity contribution >= 4 is 51.6 Å². The van der Waals surface area contributed by atoms with Gasteiger partial charge in [0.15, 0.2) is 0 Å². The Bertz CT molecular complexity index is 382. The van der Waals surface area contributed by atoms with E-state index in [1.165, 1.54) is 23.1 Å². The van der Waals surface area contributed by atoms with Crippen molar-refractivity contribution in [2.45, 2.75) is 0 Å². The van der Waals surface area contributed by atoms with Crippen molar-refractivity contribution in [1.82, 2.24) is 10.3 Å². The molecule has 2 rings (SSSR count). The van der Waals surface area contributed by atoms with Gasteiger partial charge in [-0.05, 0) is 6.08 Å². The minimum atomic E-state index is -0.136. The summed E-state index contributed by atoms with van der Waals surface area (Å²) in [5.74, 6) is -0.136. The zero-order valence-electron chi connectivity index (χ0n) is 6.31. The number of nitrogens with zero attached hydrogens (tertiary/aromatic N) is 1. The number of amides is 1. The third-order valence-electron chi connectivity index (χ3n) is 1.37. The topological polar surface area (TPSA) is 42.0 Å². The molecule has 1 N–H and O–H groups in total. The van der Waals surface area contributed by atoms with E-state index >= 15 is 0 Å². The molecule has 1 aromatic heterocycles. The van der Waals surface area contributed by atoms with Crippen LogP contribution >= 0.6 is 35.3 Å². The Kier molecular flexibility index (Phi) is 2.43. The molecule has 2 heterocycles. The number of thiazole rings is 1. The van der Waals surface area contributed by atoms with E-state index in [0.717, 1.165) is 5.69 Å². The van der Waals surface area contributed by atoms with Crippen LogP contribution in [0.5, 0.6) is 0 Å². The second kappa shape index (κ2) is 3.57. The Morgan fingerprint density at radius 2 is 2.46 bits per heavy atom. The number of thioether (sulfide) groups is 1. The van der Waals surface area contributed by atoms with Gasteiger partial charge in [-0.1, -0.05) is 24.0 Å². The number of hydrogen-bond acceptors (Lipinski definition) is 5. The highest BCUT2D eigenvalue weighted by Crippen LogP contribution is 2.25. The van der Waals surface area contributed by atoms with E-state index in [2.05, 4.69) is 10.3 Å². The molecule has 0 atom stereocenters. The molecule has 3 nitrogen and oxygen atoms in total. The van der Waals surface area contributed by atoms with Crippen LogP contribution in [0.15, 0.2) is 15.8 Å². The number of rotatable bonds is 1. The summed E-state index contributed by atoms with van der Waals surface area (Å²) in [6, 6.07) is 0. The van der Waals surface area contributed by atoms with Gasteiger partial charge in [-0.25, -0.2) is 4.98 Å². The first-order chi connectivity index (χ1) is 6.25. The molecular weight excluding hydrogens is 224 g/mol. The SMILES string of the molecule is O=C1NC(=S)S/C1=C\c1cscn1. The second-order valence-corrected chi connectivity index (χ2v) is 4.70. The van der Waals surface area contributed by atoms with Gasteiger partial charge in [-0.15, -0.1) is 11.3 Å². The zero-order valence-corrected chi connectivity index (χ0v) is 8.76. The lowest BCUT2D eigenvalue weighted by Crippen LogP contribution is -2.17. The number of carbonyl (C=O) groups excluding carboxylic acids is 1. The standard InChI is InChI=1S/C7H4N2OS3/c10-6-5(13-7(11)9-6)1-4-2-12-3-8-4/h1-3H,(H,9,10,11)/b5-1-. The molecular formula is C7H4N2OS3. The van der Waals surface area contributed by atoms with Crippen LogP contribution in [-0.4, -0.2) is 15.2 Å². The molecule has 1 aliphatic heterocycles. The Labute approximate surface area is 88.2 Å². The van der Waals surface area contributed by atoms with Crippen molar-refractivity contribution in [3.63, 3.8) is 0 Å². The lowest BCUT2D eigenvalue weighted by atomic mass is 10.4. The number of carbonyl (C=O) groups is 1. The molecule has 0 spiro atoms. The highest BCUT2D eigenvalue weighted by Gasteiger charge is 2.21. The molecule has 0 aliphatic carbocycles. The van der Waals surface area contributed by atoms with E-state index in [1.807, 2.05) is 5.38 Å². The molecule has 1 amide bonds. The maximum absolute atomic E-state index is 11.2. The predicted molar refractivity (Wildman–Crippen MR) is 58.4 cm³/mol. The van der Waals surface area contributed by atoms with Crippen molar-refractivity contribution in [2.24, 2.45) is 0 Å². The second-order valence-electron chi connectivity index (χ2n) is 2.27. The van der Waals surface area contributed by atoms with Gasteiger partial charge in [-0.2, -0.15) is 0 Å². The van der Waals surface area contributed by atoms with E-state index in [-0.39, 0.29) is 5.91 Å². The maximum atomic E-state index is 11.2. The van der Waals surface area contributed by atoms with Gasteiger partial charge in [0.25, 0.3) is 5.91 Å². The van der Waals surface area contributed by atoms with Crippen LogP contribution in [-0.2, 0) is 4.79 Å². The van der Waals surface area contributed by atoms with E-state index in [4.69, 9.17) is 12.2 Å². The van der Waals surface area contributed by atoms with Crippen LogP contribution in [0.3, 0.4) is 0 Å². The minimum Gasteiger partial charge on any atom is -0.307 e. The van der Waals surface area contributed by atoms with Crippen molar-refractivity contribution < 1.29 is 4.79 Å². The Balaban J connectivity index is 2.27. The van der Waals surface area contributed by atoms with Crippen LogP contribution in [0.4, 0.5) is 0 Å². The zero-order chi connectivity index (χ0) is 9.26. The molecule has 0 bridgehead atoms. The Morgan fingerprint density at radius 3 is 3.00 bits per heavy atom. The number of nitrogens with one attached hydrogen (secondary N) is 1. The fourth-order valence-corrected chi connectivity index (χ4v) is 2.39. The largest absolute Gasteiger partial charge is 0.307 e. The van der Waals surface area contributed by atoms with Crippen LogP contribution in [0.2, 0.25) is 0 Å². The van der Waals surface area contributed by atoms with Crippen molar-refractivity contribution in [3.05, 3.63) is 21.5 Å². The molecule has 1 aliphatic rings. The molecule has 6 heteroatoms. The molecule has 1 fully saturated rings. The lowest BCUT2D eigenvalue weighted by Gasteiger charge is -1.87. The molecule has 1 aromatic rings. The fraction of sp³-hybridized carbons (Fsp3) is 0. The summed E-state index contributed by atoms with van der Waals surface area (Å²) in [6.45, 7) is 0. The van der Waals surface area contributed by atoms with Gasteiger partial charge in [0.1, 0.15) is 4.32 Å². The first-order valence-corrected chi connectivity index (χ1v) is 5.55. The van der Waals surface area contributed by atoms with Gasteiger partial charge in [0.2, 0.25) is 0 Å². The van der Waals surface area contributed by atoms with Gasteiger partial charge >= 0.3 is 0 Å². The Morgan fingerprint density at radius 1 is 1.62 bits per heavy atom. The summed E-state index contributed by atoms with van der Waals surface area (Å²) in [4.78, 5) is 15.9. The predicted octanol–water partition coefficient (Wildman–Crippen LogP) is 1.63. The first-order valence-electron chi connectivity index (χ1n) is 3.39. The highest BCUT2D eigenvalue weighted by molar-refractivity contribution is 8.26. The first kappa shape index (κ1) is 8.86. The molecule has 0 unspecified atom stereocenters. The normalized spacial score (nSPS) is 19.5. The van der Waals surface area contributed by atoms with E-state index in [9.17, 15) is 4.79 Å². The van der Waals surface area contributed by atoms with Crippen molar-refractivity contribution in [3.8, 4) is 0 Å². The average molecular weight is 228 g/mol. The summed E-state index contributed by atoms with van der Waals surface area (Å²) in [6.07, 6.45) is 1.73. The molecule has 0 aromatic carbocycles. The van der Waals surface area contributed by atoms with Crippen LogP contribution in [0, 0.1) is 0 Å². The lowest BCUT2D eigenvalue weighted by molar-refractivity contribution is -0.115. The molecule has 13 heavy (non-hydrogen) atoms. The van der Waals surface area contributed by atoms with Crippen LogP contribution in [0.1, 0.15) is 5.69 Å². The van der Waals surface area contributed by atoms with Crippen molar-refractivity contribution in [1.29, 1.82) is 0 Å². The summed E-state index contributed by atoms with van der Waals surface area (Å²) >= 11 is 7.61. The van der Waals surface area contributed by atoms with E-state index in [0.29, 0.717) is 9.23 Å². The molecule has 0 radical (unpaired) electrons. The fourth-order valence-electron chi connectivity index (χ4n) is 0.849. The van der Waals surface area contributed by atoms with Crippen LogP contribution < -0.4 is 5.32 Å². The van der Waals surface area contributed by atoms with Crippen LogP contribution in [0.25, 0.3) is 6.08 Å². The number of thiocarbonyl (C=S) groups is 1. The Hall–Kier alpha value is -0.720. The maximum Gasteiger partial charge on any atom is 0.263 e. The smallest absolute Gasteiger partial charge is 0.263 e. The minimum absolute atomic E-state index is 0.136. The third kappa shape index (κ3) is 1.96. The average Bonchev–Trinajstić information content (AvgIpc) is 2.63. The third-order valence-corrected chi connectivity index (χ3v) is 3.14. The van der Waals surface area contributed by atoms with Gasteiger partial charge in [0, 0.05) is 5.38 Å². The molecule has 0 saturated carbocycles. The van der Waals surface area contributed by atoms with Crippen molar-refractivity contribution in [2.75, 3.05) is 0 Å². The quantitative estimate of drug-likeness (QED) is 0.586. The number of aromatic nitrogens is 1.